The number of nitrogens with one attached hydrogen (secondary N) is 1. The van der Waals surface area contributed by atoms with E-state index in [0.29, 0.717) is 18.1 Å². The Kier molecular flexibility index (Phi) is 6.39. The van der Waals surface area contributed by atoms with Crippen molar-refractivity contribution in [1.29, 1.82) is 0 Å². The first-order chi connectivity index (χ1) is 13.9. The highest BCUT2D eigenvalue weighted by Crippen LogP contribution is 2.22. The number of hydrogen-bond acceptors (Lipinski definition) is 3. The van der Waals surface area contributed by atoms with Crippen LogP contribution in [0.3, 0.4) is 0 Å². The Morgan fingerprint density at radius 1 is 0.897 bits per heavy atom. The maximum Gasteiger partial charge on any atom is 0.265 e. The molecule has 1 unspecified atom stereocenters. The molecule has 0 aliphatic heterocycles. The average Bonchev–Trinajstić information content (AvgIpc) is 2.74. The number of hydrogen-bond donors (Lipinski definition) is 1. The third kappa shape index (κ3) is 5.28. The summed E-state index contributed by atoms with van der Waals surface area (Å²) < 4.78 is 51.1. The van der Waals surface area contributed by atoms with E-state index in [2.05, 4.69) is 5.32 Å². The molecule has 3 rings (SSSR count). The number of carbonyl (C=O) groups is 1. The Morgan fingerprint density at radius 3 is 2.24 bits per heavy atom. The van der Waals surface area contributed by atoms with Gasteiger partial charge in [-0.15, -0.1) is 0 Å². The van der Waals surface area contributed by atoms with Crippen LogP contribution in [-0.4, -0.2) is 12.0 Å². The summed E-state index contributed by atoms with van der Waals surface area (Å²) in [7, 11) is 0. The quantitative estimate of drug-likeness (QED) is 0.561. The van der Waals surface area contributed by atoms with Crippen LogP contribution >= 0.6 is 0 Å². The van der Waals surface area contributed by atoms with Gasteiger partial charge in [0.1, 0.15) is 18.1 Å². The predicted molar refractivity (Wildman–Crippen MR) is 102 cm³/mol. The molecule has 0 radical (unpaired) electrons. The molecule has 0 heterocycles. The minimum absolute atomic E-state index is 0.394. The molecule has 0 aliphatic carbocycles. The van der Waals surface area contributed by atoms with E-state index < -0.39 is 35.2 Å². The highest BCUT2D eigenvalue weighted by Gasteiger charge is 2.19. The Hall–Kier alpha value is -3.48. The molecule has 7 heteroatoms. The molecule has 3 aromatic carbocycles. The first-order valence-corrected chi connectivity index (χ1v) is 8.82. The number of anilines is 1. The van der Waals surface area contributed by atoms with E-state index in [0.717, 1.165) is 17.7 Å². The van der Waals surface area contributed by atoms with Gasteiger partial charge in [0.15, 0.2) is 23.6 Å². The van der Waals surface area contributed by atoms with Gasteiger partial charge in [-0.05, 0) is 48.9 Å². The van der Waals surface area contributed by atoms with E-state index in [1.807, 2.05) is 30.3 Å². The molecule has 0 bridgehead atoms. The molecule has 1 atom stereocenters. The van der Waals surface area contributed by atoms with Crippen molar-refractivity contribution >= 4 is 11.6 Å². The van der Waals surface area contributed by atoms with Crippen LogP contribution in [0, 0.1) is 17.5 Å². The van der Waals surface area contributed by atoms with Crippen LogP contribution in [0.2, 0.25) is 0 Å². The SMILES string of the molecule is CC(Oc1ccc(OCc2ccccc2)cc1)C(=O)Nc1ccc(F)c(F)c1F. The van der Waals surface area contributed by atoms with E-state index in [9.17, 15) is 18.0 Å². The van der Waals surface area contributed by atoms with Crippen LogP contribution < -0.4 is 14.8 Å². The topological polar surface area (TPSA) is 47.6 Å². The van der Waals surface area contributed by atoms with Crippen LogP contribution in [0.4, 0.5) is 18.9 Å². The molecule has 150 valence electrons. The van der Waals surface area contributed by atoms with E-state index in [1.165, 1.54) is 6.92 Å². The minimum Gasteiger partial charge on any atom is -0.489 e. The van der Waals surface area contributed by atoms with E-state index in [1.54, 1.807) is 24.3 Å². The lowest BCUT2D eigenvalue weighted by Crippen LogP contribution is -2.30. The lowest BCUT2D eigenvalue weighted by atomic mass is 10.2. The highest BCUT2D eigenvalue weighted by atomic mass is 19.2. The van der Waals surface area contributed by atoms with Gasteiger partial charge in [-0.1, -0.05) is 30.3 Å². The second-order valence-electron chi connectivity index (χ2n) is 6.22. The molecule has 0 saturated heterocycles. The molecule has 1 N–H and O–H groups in total. The van der Waals surface area contributed by atoms with Gasteiger partial charge < -0.3 is 14.8 Å². The summed E-state index contributed by atoms with van der Waals surface area (Å²) in [4.78, 5) is 12.1. The minimum atomic E-state index is -1.65. The molecule has 4 nitrogen and oxygen atoms in total. The van der Waals surface area contributed by atoms with Gasteiger partial charge in [0, 0.05) is 0 Å². The smallest absolute Gasteiger partial charge is 0.265 e. The third-order valence-corrected chi connectivity index (χ3v) is 4.05. The number of amides is 1. The molecule has 0 aliphatic rings. The lowest BCUT2D eigenvalue weighted by molar-refractivity contribution is -0.122. The normalized spacial score (nSPS) is 11.6. The van der Waals surface area contributed by atoms with Gasteiger partial charge in [-0.2, -0.15) is 0 Å². The van der Waals surface area contributed by atoms with Crippen molar-refractivity contribution in [3.05, 3.63) is 89.7 Å². The van der Waals surface area contributed by atoms with Crippen molar-refractivity contribution in [2.75, 3.05) is 5.32 Å². The Balaban J connectivity index is 1.55. The van der Waals surface area contributed by atoms with Gasteiger partial charge in [0.25, 0.3) is 5.91 Å². The Morgan fingerprint density at radius 2 is 1.55 bits per heavy atom. The van der Waals surface area contributed by atoms with E-state index >= 15 is 0 Å². The second-order valence-corrected chi connectivity index (χ2v) is 6.22. The highest BCUT2D eigenvalue weighted by molar-refractivity contribution is 5.94. The van der Waals surface area contributed by atoms with Crippen LogP contribution in [0.5, 0.6) is 11.5 Å². The first-order valence-electron chi connectivity index (χ1n) is 8.82. The molecule has 0 saturated carbocycles. The summed E-state index contributed by atoms with van der Waals surface area (Å²) in [6.07, 6.45) is -1.00. The van der Waals surface area contributed by atoms with Crippen molar-refractivity contribution < 1.29 is 27.4 Å². The van der Waals surface area contributed by atoms with Crippen molar-refractivity contribution in [3.8, 4) is 11.5 Å². The summed E-state index contributed by atoms with van der Waals surface area (Å²) in [5, 5.41) is 2.18. The molecule has 1 amide bonds. The molecule has 3 aromatic rings. The van der Waals surface area contributed by atoms with Crippen molar-refractivity contribution in [2.24, 2.45) is 0 Å². The Labute approximate surface area is 165 Å². The fourth-order valence-electron chi connectivity index (χ4n) is 2.47. The molecule has 0 spiro atoms. The number of carbonyl (C=O) groups excluding carboxylic acids is 1. The largest absolute Gasteiger partial charge is 0.489 e. The fraction of sp³-hybridized carbons (Fsp3) is 0.136. The molecule has 29 heavy (non-hydrogen) atoms. The third-order valence-electron chi connectivity index (χ3n) is 4.05. The molecule has 0 fully saturated rings. The van der Waals surface area contributed by atoms with Gasteiger partial charge in [0.2, 0.25) is 0 Å². The molecular weight excluding hydrogens is 383 g/mol. The van der Waals surface area contributed by atoms with Crippen LogP contribution in [0.15, 0.2) is 66.7 Å². The summed E-state index contributed by atoms with van der Waals surface area (Å²) in [5.41, 5.74) is 0.566. The maximum absolute atomic E-state index is 13.7. The summed E-state index contributed by atoms with van der Waals surface area (Å²) in [6, 6.07) is 18.0. The van der Waals surface area contributed by atoms with Gasteiger partial charge >= 0.3 is 0 Å². The second kappa shape index (κ2) is 9.14. The molecular formula is C22H18F3NO3. The number of halogens is 3. The zero-order chi connectivity index (χ0) is 20.8. The average molecular weight is 401 g/mol. The van der Waals surface area contributed by atoms with Crippen LogP contribution in [0.25, 0.3) is 0 Å². The summed E-state index contributed by atoms with van der Waals surface area (Å²) >= 11 is 0. The Bertz CT molecular complexity index is 979. The first kappa shape index (κ1) is 20.3. The zero-order valence-electron chi connectivity index (χ0n) is 15.5. The number of ether oxygens (including phenoxy) is 2. The standard InChI is InChI=1S/C22H18F3NO3/c1-14(22(27)26-19-12-11-18(23)20(24)21(19)25)29-17-9-7-16(8-10-17)28-13-15-5-3-2-4-6-15/h2-12,14H,13H2,1H3,(H,26,27). The van der Waals surface area contributed by atoms with Crippen molar-refractivity contribution in [3.63, 3.8) is 0 Å². The zero-order valence-corrected chi connectivity index (χ0v) is 15.5. The van der Waals surface area contributed by atoms with Crippen LogP contribution in [0.1, 0.15) is 12.5 Å². The van der Waals surface area contributed by atoms with E-state index in [4.69, 9.17) is 9.47 Å². The van der Waals surface area contributed by atoms with Crippen molar-refractivity contribution in [2.45, 2.75) is 19.6 Å². The summed E-state index contributed by atoms with van der Waals surface area (Å²) in [5.74, 6) is -4.14. The fourth-order valence-corrected chi connectivity index (χ4v) is 2.47. The van der Waals surface area contributed by atoms with Gasteiger partial charge in [-0.3, -0.25) is 4.79 Å². The monoisotopic (exact) mass is 401 g/mol. The predicted octanol–water partition coefficient (Wildman–Crippen LogP) is 5.09. The van der Waals surface area contributed by atoms with Gasteiger partial charge in [-0.25, -0.2) is 13.2 Å². The molecule has 0 aromatic heterocycles. The number of benzene rings is 3. The van der Waals surface area contributed by atoms with Crippen molar-refractivity contribution in [1.82, 2.24) is 0 Å². The van der Waals surface area contributed by atoms with Crippen LogP contribution in [-0.2, 0) is 11.4 Å². The summed E-state index contributed by atoms with van der Waals surface area (Å²) in [6.45, 7) is 1.87. The van der Waals surface area contributed by atoms with Gasteiger partial charge in [0.05, 0.1) is 5.69 Å². The van der Waals surface area contributed by atoms with E-state index in [-0.39, 0.29) is 0 Å². The lowest BCUT2D eigenvalue weighted by Gasteiger charge is -2.15. The maximum atomic E-state index is 13.7. The number of rotatable bonds is 7.